The number of nitriles is 1. The Morgan fingerprint density at radius 2 is 0.898 bits per heavy atom. The molecular formula is C54H48N4O. The average Bonchev–Trinajstić information content (AvgIpc) is 3.64. The zero-order valence-electron chi connectivity index (χ0n) is 33.5. The molecule has 8 aliphatic carbocycles. The van der Waals surface area contributed by atoms with E-state index >= 15 is 0 Å². The van der Waals surface area contributed by atoms with Crippen molar-refractivity contribution in [1.29, 1.82) is 5.26 Å². The Morgan fingerprint density at radius 1 is 0.475 bits per heavy atom. The number of para-hydroxylation sites is 1. The molecule has 5 aromatic carbocycles. The molecule has 8 aliphatic rings. The third-order valence-electron chi connectivity index (χ3n) is 16.3. The largest absolute Gasteiger partial charge is 0.455 e. The Labute approximate surface area is 345 Å². The third-order valence-corrected chi connectivity index (χ3v) is 16.3. The summed E-state index contributed by atoms with van der Waals surface area (Å²) in [5, 5.41) is 11.5. The predicted octanol–water partition coefficient (Wildman–Crippen LogP) is 13.2. The first-order chi connectivity index (χ1) is 28.9. The Bertz CT molecular complexity index is 2670. The molecule has 5 heteroatoms. The second kappa shape index (κ2) is 12.7. The van der Waals surface area contributed by atoms with E-state index in [0.29, 0.717) is 22.2 Å². The van der Waals surface area contributed by atoms with Crippen LogP contribution in [0, 0.1) is 46.8 Å². The van der Waals surface area contributed by atoms with Crippen LogP contribution in [0.2, 0.25) is 0 Å². The highest BCUT2D eigenvalue weighted by molar-refractivity contribution is 6.09. The maximum absolute atomic E-state index is 9.52. The molecule has 8 fully saturated rings. The van der Waals surface area contributed by atoms with E-state index in [4.69, 9.17) is 19.4 Å². The lowest BCUT2D eigenvalue weighted by atomic mass is 9.48. The fraction of sp³-hybridized carbons (Fsp3) is 0.370. The van der Waals surface area contributed by atoms with Crippen molar-refractivity contribution in [2.45, 2.75) is 87.9 Å². The van der Waals surface area contributed by atoms with Crippen molar-refractivity contribution in [3.8, 4) is 51.4 Å². The SMILES string of the molecule is N#Cc1ccc2oc3c(-c4ccc(-c5nc(-c6ccc(C78CC9C[C@H](C7)C[C@@H](C9)C8)cc6)nc(-c6ccc(C78C[C@H]9C[C@@H](C7)C[C@@H](C8)C9)cc6)n5)cc4)cccc3c2c1. The minimum Gasteiger partial charge on any atom is -0.455 e. The maximum Gasteiger partial charge on any atom is 0.164 e. The van der Waals surface area contributed by atoms with Crippen molar-refractivity contribution >= 4 is 21.9 Å². The van der Waals surface area contributed by atoms with E-state index in [1.54, 1.807) is 0 Å². The number of rotatable bonds is 6. The molecule has 2 aromatic heterocycles. The van der Waals surface area contributed by atoms with Gasteiger partial charge in [0.2, 0.25) is 0 Å². The summed E-state index contributed by atoms with van der Waals surface area (Å²) in [6.45, 7) is 0. The predicted molar refractivity (Wildman–Crippen MR) is 233 cm³/mol. The molecule has 0 amide bonds. The van der Waals surface area contributed by atoms with Gasteiger partial charge >= 0.3 is 0 Å². The lowest BCUT2D eigenvalue weighted by molar-refractivity contribution is -0.00530. The third kappa shape index (κ3) is 5.51. The summed E-state index contributed by atoms with van der Waals surface area (Å²) in [4.78, 5) is 15.6. The van der Waals surface area contributed by atoms with Crippen molar-refractivity contribution in [3.63, 3.8) is 0 Å². The number of fused-ring (bicyclic) bond motifs is 3. The molecule has 5 nitrogen and oxygen atoms in total. The highest BCUT2D eigenvalue weighted by Crippen LogP contribution is 2.62. The van der Waals surface area contributed by atoms with Crippen molar-refractivity contribution in [3.05, 3.63) is 126 Å². The lowest BCUT2D eigenvalue weighted by Crippen LogP contribution is -2.48. The van der Waals surface area contributed by atoms with Gasteiger partial charge in [0.15, 0.2) is 17.5 Å². The number of furan rings is 1. The highest BCUT2D eigenvalue weighted by Gasteiger charge is 2.52. The molecule has 0 aliphatic heterocycles. The molecule has 8 saturated carbocycles. The van der Waals surface area contributed by atoms with Gasteiger partial charge in [-0.3, -0.25) is 0 Å². The molecule has 8 bridgehead atoms. The van der Waals surface area contributed by atoms with E-state index < -0.39 is 0 Å². The van der Waals surface area contributed by atoms with Crippen LogP contribution in [0.25, 0.3) is 67.2 Å². The van der Waals surface area contributed by atoms with Gasteiger partial charge in [-0.05, 0) is 158 Å². The number of aromatic nitrogens is 3. The molecule has 0 saturated heterocycles. The van der Waals surface area contributed by atoms with Gasteiger partial charge in [0.25, 0.3) is 0 Å². The van der Waals surface area contributed by atoms with Gasteiger partial charge in [0.1, 0.15) is 11.2 Å². The van der Waals surface area contributed by atoms with E-state index in [0.717, 1.165) is 96.9 Å². The summed E-state index contributed by atoms with van der Waals surface area (Å²) >= 11 is 0. The van der Waals surface area contributed by atoms with Crippen molar-refractivity contribution < 1.29 is 4.42 Å². The Kier molecular flexibility index (Phi) is 7.38. The Balaban J connectivity index is 0.871. The van der Waals surface area contributed by atoms with Crippen LogP contribution in [0.5, 0.6) is 0 Å². The van der Waals surface area contributed by atoms with Gasteiger partial charge < -0.3 is 4.42 Å². The molecule has 0 N–H and O–H groups in total. The molecule has 0 unspecified atom stereocenters. The van der Waals surface area contributed by atoms with Gasteiger partial charge in [-0.25, -0.2) is 15.0 Å². The molecule has 0 spiro atoms. The summed E-state index contributed by atoms with van der Waals surface area (Å²) in [7, 11) is 0. The average molecular weight is 769 g/mol. The van der Waals surface area contributed by atoms with E-state index in [-0.39, 0.29) is 0 Å². The monoisotopic (exact) mass is 768 g/mol. The van der Waals surface area contributed by atoms with Crippen LogP contribution in [0.1, 0.15) is 93.7 Å². The summed E-state index contributed by atoms with van der Waals surface area (Å²) < 4.78 is 6.39. The smallest absolute Gasteiger partial charge is 0.164 e. The summed E-state index contributed by atoms with van der Waals surface area (Å²) in [5.41, 5.74) is 11.1. The summed E-state index contributed by atoms with van der Waals surface area (Å²) in [5.74, 6) is 7.62. The Morgan fingerprint density at radius 3 is 1.34 bits per heavy atom. The maximum atomic E-state index is 9.52. The van der Waals surface area contributed by atoms with Crippen molar-refractivity contribution in [2.75, 3.05) is 0 Å². The minimum absolute atomic E-state index is 0.356. The van der Waals surface area contributed by atoms with Gasteiger partial charge in [0.05, 0.1) is 11.6 Å². The number of benzene rings is 5. The molecule has 0 atom stereocenters. The zero-order valence-corrected chi connectivity index (χ0v) is 33.5. The normalized spacial score (nSPS) is 30.0. The first-order valence-electron chi connectivity index (χ1n) is 22.4. The molecule has 15 rings (SSSR count). The molecular weight excluding hydrogens is 721 g/mol. The fourth-order valence-electron chi connectivity index (χ4n) is 14.5. The van der Waals surface area contributed by atoms with Gasteiger partial charge in [-0.1, -0.05) is 91.0 Å². The van der Waals surface area contributed by atoms with Crippen LogP contribution in [0.15, 0.2) is 114 Å². The van der Waals surface area contributed by atoms with Crippen LogP contribution in [-0.4, -0.2) is 15.0 Å². The zero-order chi connectivity index (χ0) is 38.9. The molecule has 7 aromatic rings. The van der Waals surface area contributed by atoms with E-state index in [9.17, 15) is 5.26 Å². The van der Waals surface area contributed by atoms with Crippen molar-refractivity contribution in [2.24, 2.45) is 35.5 Å². The first-order valence-corrected chi connectivity index (χ1v) is 22.4. The van der Waals surface area contributed by atoms with Crippen LogP contribution in [0.3, 0.4) is 0 Å². The van der Waals surface area contributed by atoms with Crippen LogP contribution >= 0.6 is 0 Å². The van der Waals surface area contributed by atoms with Crippen LogP contribution in [-0.2, 0) is 10.8 Å². The van der Waals surface area contributed by atoms with Crippen molar-refractivity contribution in [1.82, 2.24) is 15.0 Å². The molecule has 59 heavy (non-hydrogen) atoms. The van der Waals surface area contributed by atoms with E-state index in [2.05, 4.69) is 97.1 Å². The summed E-state index contributed by atoms with van der Waals surface area (Å²) in [6, 6.07) is 41.4. The molecule has 2 heterocycles. The second-order valence-corrected chi connectivity index (χ2v) is 20.0. The Hall–Kier alpha value is -5.60. The summed E-state index contributed by atoms with van der Waals surface area (Å²) in [6.07, 6.45) is 16.9. The van der Waals surface area contributed by atoms with Gasteiger partial charge in [-0.2, -0.15) is 5.26 Å². The molecule has 290 valence electrons. The fourth-order valence-corrected chi connectivity index (χ4v) is 14.5. The van der Waals surface area contributed by atoms with E-state index in [1.807, 2.05) is 18.2 Å². The standard InChI is InChI=1S/C54H48N4O/c55-31-32-4-17-48-47(24-32)46-3-1-2-45(49(46)59-48)39-5-7-40(8-6-39)50-56-51(41-9-13-43(14-10-41)53-25-33-18-34(26-53)20-35(19-33)27-53)58-52(57-50)42-11-15-44(16-12-42)54-28-36-21-37(29-54)23-38(22-36)30-54/h1-17,24,33-38H,18-23,25-30H2/t33-,34+,35-,36-,37+,38?,53?,54?. The topological polar surface area (TPSA) is 75.6 Å². The first kappa shape index (κ1) is 34.3. The lowest BCUT2D eigenvalue weighted by Gasteiger charge is -2.57. The number of hydrogen-bond acceptors (Lipinski definition) is 5. The van der Waals surface area contributed by atoms with E-state index in [1.165, 1.54) is 88.2 Å². The number of nitrogens with zero attached hydrogens (tertiary/aromatic N) is 4. The van der Waals surface area contributed by atoms with Crippen LogP contribution < -0.4 is 0 Å². The minimum atomic E-state index is 0.356. The van der Waals surface area contributed by atoms with Crippen LogP contribution in [0.4, 0.5) is 0 Å². The van der Waals surface area contributed by atoms with Gasteiger partial charge in [0, 0.05) is 33.0 Å². The number of hydrogen-bond donors (Lipinski definition) is 0. The molecule has 0 radical (unpaired) electrons. The quantitative estimate of drug-likeness (QED) is 0.168. The van der Waals surface area contributed by atoms with Gasteiger partial charge in [-0.15, -0.1) is 0 Å². The second-order valence-electron chi connectivity index (χ2n) is 20.0. The highest BCUT2D eigenvalue weighted by atomic mass is 16.3.